The highest BCUT2D eigenvalue weighted by atomic mass is 19.4. The van der Waals surface area contributed by atoms with Crippen LogP contribution in [-0.2, 0) is 0 Å². The average Bonchev–Trinajstić information content (AvgIpc) is 2.76. The zero-order valence-electron chi connectivity index (χ0n) is 9.38. The molecule has 2 rings (SSSR count). The van der Waals surface area contributed by atoms with Gasteiger partial charge < -0.3 is 0 Å². The number of nitrogens with zero attached hydrogens (tertiary/aromatic N) is 1. The molecule has 1 heterocycles. The summed E-state index contributed by atoms with van der Waals surface area (Å²) in [7, 11) is 0. The third-order valence-electron chi connectivity index (χ3n) is 2.48. The summed E-state index contributed by atoms with van der Waals surface area (Å²) in [5, 5.41) is 5.93. The number of alkyl halides is 3. The molecule has 6 heteroatoms. The minimum atomic E-state index is -4.90. The van der Waals surface area contributed by atoms with E-state index in [4.69, 9.17) is 0 Å². The van der Waals surface area contributed by atoms with E-state index in [1.54, 1.807) is 24.3 Å². The van der Waals surface area contributed by atoms with E-state index in [-0.39, 0.29) is 5.69 Å². The van der Waals surface area contributed by atoms with E-state index < -0.39 is 17.5 Å². The van der Waals surface area contributed by atoms with E-state index in [9.17, 15) is 18.0 Å². The third kappa shape index (κ3) is 2.27. The lowest BCUT2D eigenvalue weighted by Gasteiger charge is -2.06. The van der Waals surface area contributed by atoms with Crippen LogP contribution in [0.25, 0.3) is 11.3 Å². The number of carbonyl (C=O) groups excluding carboxylic acids is 1. The van der Waals surface area contributed by atoms with Crippen LogP contribution in [-0.4, -0.2) is 22.2 Å². The Bertz CT molecular complexity index is 570. The van der Waals surface area contributed by atoms with Crippen molar-refractivity contribution in [3.63, 3.8) is 0 Å². The fraction of sp³-hybridized carbons (Fsp3) is 0.167. The van der Waals surface area contributed by atoms with Gasteiger partial charge in [-0.05, 0) is 6.92 Å². The highest BCUT2D eigenvalue weighted by Crippen LogP contribution is 2.28. The van der Waals surface area contributed by atoms with Crippen LogP contribution in [0, 0.1) is 6.92 Å². The SMILES string of the molecule is Cc1ccc(-c2[nH]ncc2C(=O)C(F)(F)F)cc1. The number of hydrogen-bond donors (Lipinski definition) is 1. The molecule has 0 spiro atoms. The number of aryl methyl sites for hydroxylation is 1. The lowest BCUT2D eigenvalue weighted by Crippen LogP contribution is -2.22. The highest BCUT2D eigenvalue weighted by molar-refractivity contribution is 6.04. The topological polar surface area (TPSA) is 45.8 Å². The first-order valence-corrected chi connectivity index (χ1v) is 5.11. The summed E-state index contributed by atoms with van der Waals surface area (Å²) in [6.45, 7) is 1.86. The van der Waals surface area contributed by atoms with Crippen molar-refractivity contribution in [3.05, 3.63) is 41.6 Å². The van der Waals surface area contributed by atoms with Crippen LogP contribution in [0.4, 0.5) is 13.2 Å². The summed E-state index contributed by atoms with van der Waals surface area (Å²) in [6.07, 6.45) is -4.01. The predicted molar refractivity (Wildman–Crippen MR) is 59.1 cm³/mol. The normalized spacial score (nSPS) is 11.6. The van der Waals surface area contributed by atoms with Crippen molar-refractivity contribution in [3.8, 4) is 11.3 Å². The maximum atomic E-state index is 12.4. The molecule has 0 saturated carbocycles. The molecule has 0 unspecified atom stereocenters. The Morgan fingerprint density at radius 3 is 2.39 bits per heavy atom. The number of nitrogens with one attached hydrogen (secondary N) is 1. The second-order valence-electron chi connectivity index (χ2n) is 3.85. The molecule has 1 aromatic carbocycles. The number of carbonyl (C=O) groups is 1. The van der Waals surface area contributed by atoms with Gasteiger partial charge >= 0.3 is 6.18 Å². The Morgan fingerprint density at radius 2 is 1.83 bits per heavy atom. The summed E-state index contributed by atoms with van der Waals surface area (Å²) in [6, 6.07) is 6.77. The van der Waals surface area contributed by atoms with Gasteiger partial charge in [-0.15, -0.1) is 0 Å². The van der Waals surface area contributed by atoms with Gasteiger partial charge in [-0.3, -0.25) is 9.89 Å². The van der Waals surface area contributed by atoms with Crippen LogP contribution in [0.3, 0.4) is 0 Å². The standard InChI is InChI=1S/C12H9F3N2O/c1-7-2-4-8(5-3-7)10-9(6-16-17-10)11(18)12(13,14)15/h2-6H,1H3,(H,16,17). The zero-order chi connectivity index (χ0) is 13.3. The molecule has 0 radical (unpaired) electrons. The Balaban J connectivity index is 2.45. The minimum absolute atomic E-state index is 0.0809. The number of aromatic amines is 1. The van der Waals surface area contributed by atoms with Crippen molar-refractivity contribution in [1.29, 1.82) is 0 Å². The maximum Gasteiger partial charge on any atom is 0.455 e. The molecule has 0 aliphatic rings. The summed E-state index contributed by atoms with van der Waals surface area (Å²) >= 11 is 0. The second kappa shape index (κ2) is 4.29. The molecule has 0 amide bonds. The number of Topliss-reactive ketones (excluding diaryl/α,β-unsaturated/α-hetero) is 1. The van der Waals surface area contributed by atoms with E-state index in [0.29, 0.717) is 5.56 Å². The molecule has 1 N–H and O–H groups in total. The Hall–Kier alpha value is -2.11. The molecule has 0 fully saturated rings. The van der Waals surface area contributed by atoms with Crippen LogP contribution in [0.5, 0.6) is 0 Å². The van der Waals surface area contributed by atoms with Gasteiger partial charge in [0.1, 0.15) is 0 Å². The molecule has 0 atom stereocenters. The number of aromatic nitrogens is 2. The molecule has 94 valence electrons. The Labute approximate surface area is 101 Å². The van der Waals surface area contributed by atoms with E-state index >= 15 is 0 Å². The van der Waals surface area contributed by atoms with Crippen LogP contribution in [0.1, 0.15) is 15.9 Å². The first-order chi connectivity index (χ1) is 8.39. The fourth-order valence-corrected chi connectivity index (χ4v) is 1.55. The Morgan fingerprint density at radius 1 is 1.22 bits per heavy atom. The van der Waals surface area contributed by atoms with Gasteiger partial charge in [0.25, 0.3) is 5.78 Å². The lowest BCUT2D eigenvalue weighted by molar-refractivity contribution is -0.0884. The van der Waals surface area contributed by atoms with Crippen molar-refractivity contribution in [2.45, 2.75) is 13.1 Å². The summed E-state index contributed by atoms with van der Waals surface area (Å²) in [5.41, 5.74) is 1.08. The van der Waals surface area contributed by atoms with E-state index in [1.165, 1.54) is 0 Å². The number of rotatable bonds is 2. The molecule has 3 nitrogen and oxygen atoms in total. The molecular formula is C12H9F3N2O. The minimum Gasteiger partial charge on any atom is -0.284 e. The molecule has 0 aliphatic heterocycles. The van der Waals surface area contributed by atoms with Gasteiger partial charge in [0.2, 0.25) is 0 Å². The summed E-state index contributed by atoms with van der Waals surface area (Å²) in [5.74, 6) is -1.90. The van der Waals surface area contributed by atoms with E-state index in [0.717, 1.165) is 11.8 Å². The molecule has 0 bridgehead atoms. The average molecular weight is 254 g/mol. The number of hydrogen-bond acceptors (Lipinski definition) is 2. The summed E-state index contributed by atoms with van der Waals surface area (Å²) < 4.78 is 37.1. The molecule has 2 aromatic rings. The third-order valence-corrected chi connectivity index (χ3v) is 2.48. The zero-order valence-corrected chi connectivity index (χ0v) is 9.38. The van der Waals surface area contributed by atoms with Crippen molar-refractivity contribution < 1.29 is 18.0 Å². The molecule has 18 heavy (non-hydrogen) atoms. The molecule has 0 saturated heterocycles. The van der Waals surface area contributed by atoms with Crippen LogP contribution >= 0.6 is 0 Å². The first-order valence-electron chi connectivity index (χ1n) is 5.11. The van der Waals surface area contributed by atoms with Crippen molar-refractivity contribution >= 4 is 5.78 Å². The second-order valence-corrected chi connectivity index (χ2v) is 3.85. The molecule has 1 aromatic heterocycles. The fourth-order valence-electron chi connectivity index (χ4n) is 1.55. The number of halogens is 3. The highest BCUT2D eigenvalue weighted by Gasteiger charge is 2.41. The van der Waals surface area contributed by atoms with Gasteiger partial charge in [0.15, 0.2) is 0 Å². The van der Waals surface area contributed by atoms with Crippen LogP contribution in [0.15, 0.2) is 30.5 Å². The van der Waals surface area contributed by atoms with Crippen molar-refractivity contribution in [2.24, 2.45) is 0 Å². The predicted octanol–water partition coefficient (Wildman–Crippen LogP) is 3.13. The van der Waals surface area contributed by atoms with Crippen molar-refractivity contribution in [1.82, 2.24) is 10.2 Å². The van der Waals surface area contributed by atoms with Gasteiger partial charge in [-0.2, -0.15) is 18.3 Å². The molecular weight excluding hydrogens is 245 g/mol. The first kappa shape index (κ1) is 12.3. The number of benzene rings is 1. The largest absolute Gasteiger partial charge is 0.455 e. The van der Waals surface area contributed by atoms with Crippen LogP contribution in [0.2, 0.25) is 0 Å². The van der Waals surface area contributed by atoms with Gasteiger partial charge in [0, 0.05) is 5.56 Å². The van der Waals surface area contributed by atoms with Gasteiger partial charge in [-0.1, -0.05) is 29.8 Å². The van der Waals surface area contributed by atoms with Crippen LogP contribution < -0.4 is 0 Å². The quantitative estimate of drug-likeness (QED) is 0.837. The van der Waals surface area contributed by atoms with Crippen molar-refractivity contribution in [2.75, 3.05) is 0 Å². The Kier molecular flexibility index (Phi) is 2.94. The summed E-state index contributed by atoms with van der Waals surface area (Å²) in [4.78, 5) is 11.2. The lowest BCUT2D eigenvalue weighted by atomic mass is 10.0. The van der Waals surface area contributed by atoms with Gasteiger partial charge in [-0.25, -0.2) is 0 Å². The number of ketones is 1. The number of H-pyrrole nitrogens is 1. The van der Waals surface area contributed by atoms with E-state index in [2.05, 4.69) is 10.2 Å². The monoisotopic (exact) mass is 254 g/mol. The maximum absolute atomic E-state index is 12.4. The smallest absolute Gasteiger partial charge is 0.284 e. The van der Waals surface area contributed by atoms with Gasteiger partial charge in [0.05, 0.1) is 17.5 Å². The molecule has 0 aliphatic carbocycles. The van der Waals surface area contributed by atoms with E-state index in [1.807, 2.05) is 6.92 Å².